The Morgan fingerprint density at radius 3 is 2.83 bits per heavy atom. The van der Waals surface area contributed by atoms with Gasteiger partial charge < -0.3 is 5.73 Å². The van der Waals surface area contributed by atoms with Gasteiger partial charge in [-0.1, -0.05) is 0 Å². The predicted molar refractivity (Wildman–Crippen MR) is 75.8 cm³/mol. The van der Waals surface area contributed by atoms with Gasteiger partial charge in [0, 0.05) is 19.6 Å². The molecular weight excluding hydrogens is 270 g/mol. The van der Waals surface area contributed by atoms with Crippen molar-refractivity contribution in [2.45, 2.75) is 25.8 Å². The van der Waals surface area contributed by atoms with Gasteiger partial charge in [0.1, 0.15) is 0 Å². The number of rotatable bonds is 8. The van der Waals surface area contributed by atoms with E-state index in [2.05, 4.69) is 4.72 Å². The second-order valence-corrected chi connectivity index (χ2v) is 6.91. The van der Waals surface area contributed by atoms with Gasteiger partial charge in [0.05, 0.1) is 0 Å². The van der Waals surface area contributed by atoms with Crippen LogP contribution in [0.3, 0.4) is 0 Å². The van der Waals surface area contributed by atoms with Crippen LogP contribution < -0.4 is 10.5 Å². The molecule has 0 saturated heterocycles. The van der Waals surface area contributed by atoms with Crippen molar-refractivity contribution in [2.75, 3.05) is 20.1 Å². The maximum Gasteiger partial charge on any atom is 0.279 e. The lowest BCUT2D eigenvalue weighted by molar-refractivity contribution is 0.444. The fraction of sp³-hybridized carbons (Fsp3) is 0.636. The highest BCUT2D eigenvalue weighted by Crippen LogP contribution is 2.09. The van der Waals surface area contributed by atoms with Crippen molar-refractivity contribution in [1.29, 1.82) is 0 Å². The molecule has 0 aliphatic carbocycles. The summed E-state index contributed by atoms with van der Waals surface area (Å²) in [6.45, 7) is 2.80. The van der Waals surface area contributed by atoms with Crippen molar-refractivity contribution in [1.82, 2.24) is 9.03 Å². The second-order valence-electron chi connectivity index (χ2n) is 4.32. The third-order valence-corrected chi connectivity index (χ3v) is 5.00. The van der Waals surface area contributed by atoms with Crippen LogP contribution in [-0.4, -0.2) is 38.9 Å². The molecule has 7 heteroatoms. The van der Waals surface area contributed by atoms with Crippen molar-refractivity contribution in [3.63, 3.8) is 0 Å². The molecule has 0 radical (unpaired) electrons. The first-order chi connectivity index (χ1) is 8.45. The van der Waals surface area contributed by atoms with Crippen molar-refractivity contribution >= 4 is 21.5 Å². The molecule has 1 atom stereocenters. The Morgan fingerprint density at radius 2 is 2.28 bits per heavy atom. The van der Waals surface area contributed by atoms with E-state index in [-0.39, 0.29) is 6.04 Å². The number of hydrogen-bond donors (Lipinski definition) is 2. The topological polar surface area (TPSA) is 75.4 Å². The zero-order chi connectivity index (χ0) is 13.6. The van der Waals surface area contributed by atoms with E-state index in [0.717, 1.165) is 5.56 Å². The zero-order valence-electron chi connectivity index (χ0n) is 10.8. The molecule has 3 N–H and O–H groups in total. The van der Waals surface area contributed by atoms with Gasteiger partial charge in [-0.2, -0.15) is 28.8 Å². The standard InChI is InChI=1S/C11H21N3O2S2/c1-10(8-11-4-7-17-9-11)13-18(15,16)14(2)6-3-5-12/h4,7,9-10,13H,3,5-6,8,12H2,1-2H3. The highest BCUT2D eigenvalue weighted by molar-refractivity contribution is 7.87. The number of nitrogens with zero attached hydrogens (tertiary/aromatic N) is 1. The number of nitrogens with two attached hydrogens (primary N) is 1. The van der Waals surface area contributed by atoms with Crippen LogP contribution >= 0.6 is 11.3 Å². The minimum absolute atomic E-state index is 0.120. The van der Waals surface area contributed by atoms with Crippen LogP contribution in [0.15, 0.2) is 16.8 Å². The molecule has 0 saturated carbocycles. The molecule has 0 aliphatic heterocycles. The fourth-order valence-corrected chi connectivity index (χ4v) is 3.41. The zero-order valence-corrected chi connectivity index (χ0v) is 12.4. The quantitative estimate of drug-likeness (QED) is 0.743. The largest absolute Gasteiger partial charge is 0.330 e. The monoisotopic (exact) mass is 291 g/mol. The van der Waals surface area contributed by atoms with Gasteiger partial charge in [-0.25, -0.2) is 0 Å². The Labute approximate surface area is 113 Å². The second kappa shape index (κ2) is 7.20. The Bertz CT molecular complexity index is 431. The van der Waals surface area contributed by atoms with Crippen LogP contribution in [0.25, 0.3) is 0 Å². The van der Waals surface area contributed by atoms with Crippen molar-refractivity contribution in [3.8, 4) is 0 Å². The first kappa shape index (κ1) is 15.6. The number of hydrogen-bond acceptors (Lipinski definition) is 4. The Balaban J connectivity index is 2.49. The lowest BCUT2D eigenvalue weighted by Gasteiger charge is -2.20. The first-order valence-corrected chi connectivity index (χ1v) is 8.28. The molecule has 0 aliphatic rings. The molecule has 1 aromatic rings. The summed E-state index contributed by atoms with van der Waals surface area (Å²) in [7, 11) is -1.84. The van der Waals surface area contributed by atoms with E-state index in [1.165, 1.54) is 4.31 Å². The van der Waals surface area contributed by atoms with E-state index in [0.29, 0.717) is 25.9 Å². The summed E-state index contributed by atoms with van der Waals surface area (Å²) in [4.78, 5) is 0. The van der Waals surface area contributed by atoms with Crippen LogP contribution in [-0.2, 0) is 16.6 Å². The molecule has 5 nitrogen and oxygen atoms in total. The minimum atomic E-state index is -3.40. The lowest BCUT2D eigenvalue weighted by Crippen LogP contribution is -2.43. The molecule has 104 valence electrons. The SMILES string of the molecule is CC(Cc1ccsc1)NS(=O)(=O)N(C)CCCN. The molecule has 1 heterocycles. The molecule has 0 aromatic carbocycles. The van der Waals surface area contributed by atoms with Gasteiger partial charge in [-0.3, -0.25) is 0 Å². The summed E-state index contributed by atoms with van der Waals surface area (Å²) >= 11 is 1.62. The molecule has 1 aromatic heterocycles. The summed E-state index contributed by atoms with van der Waals surface area (Å²) in [6, 6.07) is 1.89. The summed E-state index contributed by atoms with van der Waals surface area (Å²) < 4.78 is 27.9. The normalized spacial score (nSPS) is 14.0. The highest BCUT2D eigenvalue weighted by atomic mass is 32.2. The molecular formula is C11H21N3O2S2. The maximum atomic E-state index is 12.0. The molecule has 18 heavy (non-hydrogen) atoms. The minimum Gasteiger partial charge on any atom is -0.330 e. The van der Waals surface area contributed by atoms with Crippen molar-refractivity contribution in [3.05, 3.63) is 22.4 Å². The Morgan fingerprint density at radius 1 is 1.56 bits per heavy atom. The van der Waals surface area contributed by atoms with Crippen LogP contribution in [0.1, 0.15) is 18.9 Å². The van der Waals surface area contributed by atoms with Gasteiger partial charge >= 0.3 is 0 Å². The van der Waals surface area contributed by atoms with Crippen LogP contribution in [0.5, 0.6) is 0 Å². The van der Waals surface area contributed by atoms with Crippen molar-refractivity contribution < 1.29 is 8.42 Å². The van der Waals surface area contributed by atoms with Gasteiger partial charge in [0.25, 0.3) is 10.2 Å². The first-order valence-electron chi connectivity index (χ1n) is 5.90. The molecule has 1 rings (SSSR count). The van der Waals surface area contributed by atoms with E-state index in [4.69, 9.17) is 5.73 Å². The smallest absolute Gasteiger partial charge is 0.279 e. The Kier molecular flexibility index (Phi) is 6.24. The molecule has 0 spiro atoms. The number of thiophene rings is 1. The van der Waals surface area contributed by atoms with E-state index in [1.54, 1.807) is 18.4 Å². The molecule has 0 bridgehead atoms. The number of nitrogens with one attached hydrogen (secondary N) is 1. The van der Waals surface area contributed by atoms with Gasteiger partial charge in [-0.05, 0) is 48.7 Å². The van der Waals surface area contributed by atoms with Gasteiger partial charge in [-0.15, -0.1) is 0 Å². The van der Waals surface area contributed by atoms with Crippen LogP contribution in [0.4, 0.5) is 0 Å². The molecule has 0 amide bonds. The average Bonchev–Trinajstić information content (AvgIpc) is 2.77. The fourth-order valence-electron chi connectivity index (χ4n) is 1.58. The third-order valence-electron chi connectivity index (χ3n) is 2.56. The highest BCUT2D eigenvalue weighted by Gasteiger charge is 2.19. The van der Waals surface area contributed by atoms with E-state index in [1.807, 2.05) is 23.8 Å². The Hall–Kier alpha value is -0.470. The van der Waals surface area contributed by atoms with E-state index in [9.17, 15) is 8.42 Å². The van der Waals surface area contributed by atoms with Gasteiger partial charge in [0.2, 0.25) is 0 Å². The van der Waals surface area contributed by atoms with Gasteiger partial charge in [0.15, 0.2) is 0 Å². The summed E-state index contributed by atoms with van der Waals surface area (Å²) in [6.07, 6.45) is 1.36. The summed E-state index contributed by atoms with van der Waals surface area (Å²) in [5, 5.41) is 4.02. The average molecular weight is 291 g/mol. The van der Waals surface area contributed by atoms with Crippen LogP contribution in [0.2, 0.25) is 0 Å². The molecule has 1 unspecified atom stereocenters. The lowest BCUT2D eigenvalue weighted by atomic mass is 10.1. The maximum absolute atomic E-state index is 12.0. The van der Waals surface area contributed by atoms with E-state index >= 15 is 0 Å². The van der Waals surface area contributed by atoms with Crippen molar-refractivity contribution in [2.24, 2.45) is 5.73 Å². The van der Waals surface area contributed by atoms with Crippen LogP contribution in [0, 0.1) is 0 Å². The molecule has 0 fully saturated rings. The predicted octanol–water partition coefficient (Wildman–Crippen LogP) is 0.794. The summed E-state index contributed by atoms with van der Waals surface area (Å²) in [5.74, 6) is 0. The third kappa shape index (κ3) is 5.03. The van der Waals surface area contributed by atoms with E-state index < -0.39 is 10.2 Å². The summed E-state index contributed by atoms with van der Waals surface area (Å²) in [5.41, 5.74) is 6.52.